The van der Waals surface area contributed by atoms with Crippen LogP contribution in [-0.4, -0.2) is 48.2 Å². The molecule has 6 heteroatoms. The SMILES string of the molecule is CCNC1CCCC(S(=O)CCS(C)(=O)=O)C1. The summed E-state index contributed by atoms with van der Waals surface area (Å²) in [5.74, 6) is 0.338. The fourth-order valence-corrected chi connectivity index (χ4v) is 5.34. The Labute approximate surface area is 107 Å². The first-order chi connectivity index (χ1) is 7.92. The Morgan fingerprint density at radius 2 is 2.06 bits per heavy atom. The van der Waals surface area contributed by atoms with Crippen LogP contribution in [0.1, 0.15) is 32.6 Å². The van der Waals surface area contributed by atoms with Crippen molar-refractivity contribution in [2.75, 3.05) is 24.3 Å². The zero-order valence-corrected chi connectivity index (χ0v) is 12.3. The van der Waals surface area contributed by atoms with Crippen LogP contribution >= 0.6 is 0 Å². The molecule has 102 valence electrons. The van der Waals surface area contributed by atoms with Crippen LogP contribution in [0.4, 0.5) is 0 Å². The standard InChI is InChI=1S/C11H23NO3S2/c1-3-12-10-5-4-6-11(9-10)16(13)7-8-17(2,14)15/h10-12H,3-9H2,1-2H3. The molecule has 1 aliphatic carbocycles. The van der Waals surface area contributed by atoms with E-state index in [2.05, 4.69) is 12.2 Å². The molecule has 17 heavy (non-hydrogen) atoms. The molecule has 1 aliphatic rings. The van der Waals surface area contributed by atoms with E-state index in [0.717, 1.165) is 32.2 Å². The van der Waals surface area contributed by atoms with Gasteiger partial charge in [0.15, 0.2) is 0 Å². The third-order valence-corrected chi connectivity index (χ3v) is 6.13. The van der Waals surface area contributed by atoms with E-state index in [9.17, 15) is 12.6 Å². The van der Waals surface area contributed by atoms with Crippen molar-refractivity contribution < 1.29 is 12.6 Å². The molecule has 0 bridgehead atoms. The van der Waals surface area contributed by atoms with Crippen LogP contribution in [0.2, 0.25) is 0 Å². The van der Waals surface area contributed by atoms with E-state index in [1.54, 1.807) is 0 Å². The summed E-state index contributed by atoms with van der Waals surface area (Å²) >= 11 is 0. The van der Waals surface area contributed by atoms with Crippen molar-refractivity contribution in [2.24, 2.45) is 0 Å². The van der Waals surface area contributed by atoms with Crippen LogP contribution in [0, 0.1) is 0 Å². The van der Waals surface area contributed by atoms with E-state index >= 15 is 0 Å². The third kappa shape index (κ3) is 5.97. The Balaban J connectivity index is 2.41. The normalized spacial score (nSPS) is 27.9. The second-order valence-electron chi connectivity index (χ2n) is 4.76. The monoisotopic (exact) mass is 281 g/mol. The molecule has 0 radical (unpaired) electrons. The Bertz CT molecular complexity index is 352. The minimum absolute atomic E-state index is 0.0436. The van der Waals surface area contributed by atoms with Crippen LogP contribution in [0.25, 0.3) is 0 Å². The van der Waals surface area contributed by atoms with Gasteiger partial charge in [0.25, 0.3) is 0 Å². The van der Waals surface area contributed by atoms with Gasteiger partial charge < -0.3 is 5.32 Å². The van der Waals surface area contributed by atoms with Crippen molar-refractivity contribution >= 4 is 20.6 Å². The van der Waals surface area contributed by atoms with Crippen molar-refractivity contribution in [2.45, 2.75) is 43.9 Å². The van der Waals surface area contributed by atoms with Gasteiger partial charge in [-0.15, -0.1) is 0 Å². The average molecular weight is 281 g/mol. The molecule has 0 heterocycles. The Kier molecular flexibility index (Phi) is 6.09. The summed E-state index contributed by atoms with van der Waals surface area (Å²) in [7, 11) is -3.99. The molecule has 0 aromatic rings. The lowest BCUT2D eigenvalue weighted by atomic mass is 9.95. The molecule has 1 rings (SSSR count). The molecule has 3 unspecified atom stereocenters. The second kappa shape index (κ2) is 6.85. The number of sulfone groups is 1. The zero-order valence-electron chi connectivity index (χ0n) is 10.6. The van der Waals surface area contributed by atoms with E-state index in [1.165, 1.54) is 6.26 Å². The number of rotatable bonds is 6. The van der Waals surface area contributed by atoms with Crippen molar-refractivity contribution in [1.29, 1.82) is 0 Å². The van der Waals surface area contributed by atoms with Gasteiger partial charge in [-0.05, 0) is 25.8 Å². The fourth-order valence-electron chi connectivity index (χ4n) is 2.26. The second-order valence-corrected chi connectivity index (χ2v) is 8.85. The number of hydrogen-bond donors (Lipinski definition) is 1. The lowest BCUT2D eigenvalue weighted by molar-refractivity contribution is 0.383. The van der Waals surface area contributed by atoms with E-state index < -0.39 is 20.6 Å². The topological polar surface area (TPSA) is 63.2 Å². The van der Waals surface area contributed by atoms with Gasteiger partial charge in [0.1, 0.15) is 9.84 Å². The fraction of sp³-hybridized carbons (Fsp3) is 1.00. The van der Waals surface area contributed by atoms with Crippen molar-refractivity contribution in [3.8, 4) is 0 Å². The quantitative estimate of drug-likeness (QED) is 0.778. The molecule has 4 nitrogen and oxygen atoms in total. The summed E-state index contributed by atoms with van der Waals surface area (Å²) in [6, 6.07) is 0.459. The molecular formula is C11H23NO3S2. The summed E-state index contributed by atoms with van der Waals surface area (Å²) < 4.78 is 34.1. The van der Waals surface area contributed by atoms with Crippen molar-refractivity contribution in [3.63, 3.8) is 0 Å². The first-order valence-corrected chi connectivity index (χ1v) is 9.65. The predicted molar refractivity (Wildman–Crippen MR) is 72.4 cm³/mol. The van der Waals surface area contributed by atoms with Crippen molar-refractivity contribution in [3.05, 3.63) is 0 Å². The molecule has 0 aromatic carbocycles. The summed E-state index contributed by atoms with van der Waals surface area (Å²) in [6.45, 7) is 3.01. The average Bonchev–Trinajstić information content (AvgIpc) is 2.26. The highest BCUT2D eigenvalue weighted by atomic mass is 32.2. The van der Waals surface area contributed by atoms with Gasteiger partial charge in [0.2, 0.25) is 0 Å². The summed E-state index contributed by atoms with van der Waals surface area (Å²) in [5, 5.41) is 3.56. The van der Waals surface area contributed by atoms with Gasteiger partial charge in [-0.3, -0.25) is 4.21 Å². The number of nitrogens with one attached hydrogen (secondary N) is 1. The smallest absolute Gasteiger partial charge is 0.148 e. The van der Waals surface area contributed by atoms with Crippen LogP contribution in [0.5, 0.6) is 0 Å². The zero-order chi connectivity index (χ0) is 12.9. The van der Waals surface area contributed by atoms with Crippen molar-refractivity contribution in [1.82, 2.24) is 5.32 Å². The maximum absolute atomic E-state index is 12.0. The van der Waals surface area contributed by atoms with Gasteiger partial charge in [-0.1, -0.05) is 13.3 Å². The molecule has 1 N–H and O–H groups in total. The van der Waals surface area contributed by atoms with Gasteiger partial charge in [0, 0.05) is 34.1 Å². The molecule has 3 atom stereocenters. The maximum Gasteiger partial charge on any atom is 0.148 e. The highest BCUT2D eigenvalue weighted by molar-refractivity contribution is 7.92. The lowest BCUT2D eigenvalue weighted by Crippen LogP contribution is -2.38. The Morgan fingerprint density at radius 3 is 2.65 bits per heavy atom. The van der Waals surface area contributed by atoms with Crippen LogP contribution in [-0.2, 0) is 20.6 Å². The lowest BCUT2D eigenvalue weighted by Gasteiger charge is -2.29. The summed E-state index contributed by atoms with van der Waals surface area (Å²) in [6.07, 6.45) is 5.33. The van der Waals surface area contributed by atoms with Gasteiger partial charge in [-0.2, -0.15) is 0 Å². The van der Waals surface area contributed by atoms with E-state index in [1.807, 2.05) is 0 Å². The summed E-state index contributed by atoms with van der Waals surface area (Å²) in [5.41, 5.74) is 0. The largest absolute Gasteiger partial charge is 0.314 e. The van der Waals surface area contributed by atoms with Gasteiger partial charge in [-0.25, -0.2) is 8.42 Å². The predicted octanol–water partition coefficient (Wildman–Crippen LogP) is 0.700. The molecule has 1 fully saturated rings. The highest BCUT2D eigenvalue weighted by Crippen LogP contribution is 2.23. The van der Waals surface area contributed by atoms with Crippen LogP contribution < -0.4 is 5.32 Å². The first kappa shape index (κ1) is 15.1. The van der Waals surface area contributed by atoms with E-state index in [-0.39, 0.29) is 11.0 Å². The molecular weight excluding hydrogens is 258 g/mol. The Morgan fingerprint density at radius 1 is 1.35 bits per heavy atom. The van der Waals surface area contributed by atoms with Crippen LogP contribution in [0.3, 0.4) is 0 Å². The minimum atomic E-state index is -2.99. The molecule has 0 aromatic heterocycles. The molecule has 0 amide bonds. The number of hydrogen-bond acceptors (Lipinski definition) is 4. The Hall–Kier alpha value is 0.0600. The van der Waals surface area contributed by atoms with Gasteiger partial charge in [0.05, 0.1) is 5.75 Å². The maximum atomic E-state index is 12.0. The minimum Gasteiger partial charge on any atom is -0.314 e. The molecule has 0 saturated heterocycles. The third-order valence-electron chi connectivity index (χ3n) is 3.15. The van der Waals surface area contributed by atoms with E-state index in [0.29, 0.717) is 11.8 Å². The highest BCUT2D eigenvalue weighted by Gasteiger charge is 2.26. The van der Waals surface area contributed by atoms with E-state index in [4.69, 9.17) is 0 Å². The molecule has 0 spiro atoms. The van der Waals surface area contributed by atoms with Gasteiger partial charge >= 0.3 is 0 Å². The summed E-state index contributed by atoms with van der Waals surface area (Å²) in [4.78, 5) is 0. The molecule has 0 aliphatic heterocycles. The van der Waals surface area contributed by atoms with Crippen LogP contribution in [0.15, 0.2) is 0 Å². The molecule has 1 saturated carbocycles. The first-order valence-electron chi connectivity index (χ1n) is 6.20.